The number of β-amino-alcohol motifs (C(OH)–C–C–N with tert-alkyl or cyclic N) is 1. The molecular weight excluding hydrogens is 254 g/mol. The van der Waals surface area contributed by atoms with Crippen LogP contribution < -0.4 is 5.32 Å². The van der Waals surface area contributed by atoms with Crippen molar-refractivity contribution >= 4 is 12.0 Å². The number of likely N-dealkylation sites (tertiary alicyclic amines) is 1. The third-order valence-electron chi connectivity index (χ3n) is 2.96. The topological polar surface area (TPSA) is 113 Å². The van der Waals surface area contributed by atoms with Crippen molar-refractivity contribution in [2.24, 2.45) is 0 Å². The molecule has 1 rings (SSSR count). The summed E-state index contributed by atoms with van der Waals surface area (Å²) in [7, 11) is 3.74. The second kappa shape index (κ2) is 6.69. The average Bonchev–Trinajstić information content (AvgIpc) is 2.65. The van der Waals surface area contributed by atoms with Crippen LogP contribution in [-0.2, 0) is 4.79 Å². The molecular formula is C11H21N3O5. The van der Waals surface area contributed by atoms with E-state index in [1.54, 1.807) is 0 Å². The van der Waals surface area contributed by atoms with E-state index in [9.17, 15) is 14.7 Å². The van der Waals surface area contributed by atoms with Crippen LogP contribution in [0.25, 0.3) is 0 Å². The van der Waals surface area contributed by atoms with E-state index in [0.29, 0.717) is 13.0 Å². The Morgan fingerprint density at radius 3 is 2.63 bits per heavy atom. The fourth-order valence-electron chi connectivity index (χ4n) is 2.11. The number of aliphatic hydroxyl groups is 2. The molecule has 0 aliphatic carbocycles. The van der Waals surface area contributed by atoms with Gasteiger partial charge in [0.05, 0.1) is 12.6 Å². The van der Waals surface area contributed by atoms with Crippen molar-refractivity contribution in [2.75, 3.05) is 33.7 Å². The lowest BCUT2D eigenvalue weighted by Gasteiger charge is -2.27. The van der Waals surface area contributed by atoms with E-state index in [1.807, 2.05) is 19.0 Å². The Kier molecular flexibility index (Phi) is 5.52. The van der Waals surface area contributed by atoms with E-state index < -0.39 is 24.2 Å². The summed E-state index contributed by atoms with van der Waals surface area (Å²) in [5.41, 5.74) is 0. The van der Waals surface area contributed by atoms with E-state index in [1.165, 1.54) is 4.90 Å². The van der Waals surface area contributed by atoms with Gasteiger partial charge in [0.25, 0.3) is 0 Å². The van der Waals surface area contributed by atoms with Crippen LogP contribution in [0.4, 0.5) is 4.79 Å². The molecule has 4 N–H and O–H groups in total. The summed E-state index contributed by atoms with van der Waals surface area (Å²) in [5, 5.41) is 29.6. The number of carbonyl (C=O) groups excluding carboxylic acids is 1. The molecule has 110 valence electrons. The molecule has 1 heterocycles. The molecule has 1 saturated heterocycles. The Labute approximate surface area is 111 Å². The quantitative estimate of drug-likeness (QED) is 0.468. The van der Waals surface area contributed by atoms with Crippen LogP contribution in [0.3, 0.4) is 0 Å². The minimum atomic E-state index is -1.62. The number of hydrogen-bond donors (Lipinski definition) is 4. The van der Waals surface area contributed by atoms with E-state index in [0.717, 1.165) is 0 Å². The second-order valence-corrected chi connectivity index (χ2v) is 5.00. The minimum absolute atomic E-state index is 0.119. The number of hydrogen-bond acceptors (Lipinski definition) is 5. The van der Waals surface area contributed by atoms with Crippen molar-refractivity contribution < 1.29 is 24.9 Å². The van der Waals surface area contributed by atoms with Crippen molar-refractivity contribution in [3.63, 3.8) is 0 Å². The van der Waals surface area contributed by atoms with Gasteiger partial charge in [-0.3, -0.25) is 0 Å². The number of aliphatic hydroxyl groups excluding tert-OH is 2. The maximum absolute atomic E-state index is 11.9. The molecule has 1 aliphatic heterocycles. The minimum Gasteiger partial charge on any atom is -0.479 e. The van der Waals surface area contributed by atoms with Crippen LogP contribution in [0.2, 0.25) is 0 Å². The molecule has 0 bridgehead atoms. The van der Waals surface area contributed by atoms with E-state index in [4.69, 9.17) is 10.2 Å². The number of nitrogens with one attached hydrogen (secondary N) is 1. The summed E-state index contributed by atoms with van der Waals surface area (Å²) in [6.07, 6.45) is -1.70. The average molecular weight is 275 g/mol. The van der Waals surface area contributed by atoms with Crippen LogP contribution >= 0.6 is 0 Å². The largest absolute Gasteiger partial charge is 0.479 e. The first-order valence-electron chi connectivity index (χ1n) is 6.09. The van der Waals surface area contributed by atoms with Gasteiger partial charge in [-0.05, 0) is 20.5 Å². The Morgan fingerprint density at radius 1 is 1.47 bits per heavy atom. The third-order valence-corrected chi connectivity index (χ3v) is 2.96. The fraction of sp³-hybridized carbons (Fsp3) is 0.818. The molecule has 0 aromatic heterocycles. The van der Waals surface area contributed by atoms with Gasteiger partial charge in [0.15, 0.2) is 6.10 Å². The standard InChI is InChI=1S/C11H21N3O5/c1-13(2)5-7-3-8(15)6-14(7)11(19)12-4-9(16)10(17)18/h7-9,15-16H,3-6H2,1-2H3,(H,12,19)(H,17,18)/t7?,8?,9-/m0/s1. The van der Waals surface area contributed by atoms with Gasteiger partial charge in [0, 0.05) is 19.1 Å². The Morgan fingerprint density at radius 2 is 2.11 bits per heavy atom. The third kappa shape index (κ3) is 4.66. The van der Waals surface area contributed by atoms with Gasteiger partial charge in [-0.1, -0.05) is 0 Å². The van der Waals surface area contributed by atoms with Crippen molar-refractivity contribution in [3.8, 4) is 0 Å². The highest BCUT2D eigenvalue weighted by atomic mass is 16.4. The van der Waals surface area contributed by atoms with Gasteiger partial charge in [-0.25, -0.2) is 9.59 Å². The molecule has 2 amide bonds. The van der Waals surface area contributed by atoms with Gasteiger partial charge < -0.3 is 30.4 Å². The van der Waals surface area contributed by atoms with E-state index >= 15 is 0 Å². The van der Waals surface area contributed by atoms with E-state index in [-0.39, 0.29) is 19.1 Å². The lowest BCUT2D eigenvalue weighted by atomic mass is 10.2. The van der Waals surface area contributed by atoms with Crippen molar-refractivity contribution in [1.82, 2.24) is 15.1 Å². The molecule has 3 atom stereocenters. The molecule has 1 aliphatic rings. The maximum atomic E-state index is 11.9. The number of urea groups is 1. The van der Waals surface area contributed by atoms with Crippen molar-refractivity contribution in [1.29, 1.82) is 0 Å². The lowest BCUT2D eigenvalue weighted by molar-refractivity contribution is -0.146. The normalized spacial score (nSPS) is 24.6. The summed E-state index contributed by atoms with van der Waals surface area (Å²) >= 11 is 0. The first kappa shape index (κ1) is 15.7. The number of carboxylic acids is 1. The predicted molar refractivity (Wildman–Crippen MR) is 66.7 cm³/mol. The summed E-state index contributed by atoms with van der Waals surface area (Å²) in [6.45, 7) is 0.481. The first-order chi connectivity index (χ1) is 8.81. The van der Waals surface area contributed by atoms with Crippen LogP contribution in [0, 0.1) is 0 Å². The van der Waals surface area contributed by atoms with Crippen molar-refractivity contribution in [2.45, 2.75) is 24.7 Å². The first-order valence-corrected chi connectivity index (χ1v) is 6.09. The predicted octanol–water partition coefficient (Wildman–Crippen LogP) is -1.86. The molecule has 2 unspecified atom stereocenters. The van der Waals surface area contributed by atoms with Crippen molar-refractivity contribution in [3.05, 3.63) is 0 Å². The van der Waals surface area contributed by atoms with Crippen LogP contribution in [0.1, 0.15) is 6.42 Å². The summed E-state index contributed by atoms with van der Waals surface area (Å²) < 4.78 is 0. The number of rotatable bonds is 5. The number of carboxylic acid groups (broad SMARTS) is 1. The zero-order valence-corrected chi connectivity index (χ0v) is 11.1. The molecule has 19 heavy (non-hydrogen) atoms. The molecule has 0 radical (unpaired) electrons. The van der Waals surface area contributed by atoms with Gasteiger partial charge >= 0.3 is 12.0 Å². The zero-order chi connectivity index (χ0) is 14.6. The molecule has 8 nitrogen and oxygen atoms in total. The van der Waals surface area contributed by atoms with Gasteiger partial charge in [0.2, 0.25) is 0 Å². The number of carbonyl (C=O) groups is 2. The molecule has 0 spiro atoms. The zero-order valence-electron chi connectivity index (χ0n) is 11.1. The number of amides is 2. The summed E-state index contributed by atoms with van der Waals surface area (Å²) in [6, 6.07) is -0.587. The van der Waals surface area contributed by atoms with Crippen LogP contribution in [0.15, 0.2) is 0 Å². The second-order valence-electron chi connectivity index (χ2n) is 5.00. The smallest absolute Gasteiger partial charge is 0.334 e. The highest BCUT2D eigenvalue weighted by molar-refractivity contribution is 5.77. The van der Waals surface area contributed by atoms with Crippen LogP contribution in [-0.4, -0.2) is 89.1 Å². The van der Waals surface area contributed by atoms with Gasteiger partial charge in [0.1, 0.15) is 0 Å². The number of aliphatic carboxylic acids is 1. The fourth-order valence-corrected chi connectivity index (χ4v) is 2.11. The Balaban J connectivity index is 2.51. The highest BCUT2D eigenvalue weighted by Crippen LogP contribution is 2.18. The maximum Gasteiger partial charge on any atom is 0.334 e. The Bertz CT molecular complexity index is 336. The SMILES string of the molecule is CN(C)CC1CC(O)CN1C(=O)NC[C@H](O)C(=O)O. The lowest BCUT2D eigenvalue weighted by Crippen LogP contribution is -2.48. The summed E-state index contributed by atoms with van der Waals surface area (Å²) in [5.74, 6) is -1.38. The number of nitrogens with zero attached hydrogens (tertiary/aromatic N) is 2. The number of likely N-dealkylation sites (N-methyl/N-ethyl adjacent to an activating group) is 1. The summed E-state index contributed by atoms with van der Waals surface area (Å²) in [4.78, 5) is 25.7. The van der Waals surface area contributed by atoms with E-state index in [2.05, 4.69) is 5.32 Å². The molecule has 0 saturated carbocycles. The molecule has 0 aromatic rings. The monoisotopic (exact) mass is 275 g/mol. The van der Waals surface area contributed by atoms with Gasteiger partial charge in [-0.15, -0.1) is 0 Å². The molecule has 1 fully saturated rings. The Hall–Kier alpha value is -1.38. The van der Waals surface area contributed by atoms with Crippen LogP contribution in [0.5, 0.6) is 0 Å². The van der Waals surface area contributed by atoms with Gasteiger partial charge in [-0.2, -0.15) is 0 Å². The molecule has 0 aromatic carbocycles. The highest BCUT2D eigenvalue weighted by Gasteiger charge is 2.34. The molecule has 8 heteroatoms.